The van der Waals surface area contributed by atoms with E-state index in [9.17, 15) is 8.42 Å². The fraction of sp³-hybridized carbons (Fsp3) is 1.00. The molecule has 1 aliphatic carbocycles. The van der Waals surface area contributed by atoms with Crippen molar-refractivity contribution in [2.75, 3.05) is 17.3 Å². The molecule has 1 aliphatic rings. The van der Waals surface area contributed by atoms with Crippen LogP contribution in [0.3, 0.4) is 0 Å². The SMILES string of the molecule is CCS(=O)(=O)CCCC(CSC1CCCCC1)NN. The van der Waals surface area contributed by atoms with Crippen molar-refractivity contribution in [1.82, 2.24) is 5.43 Å². The fourth-order valence-corrected chi connectivity index (χ4v) is 4.72. The number of hydrogen-bond donors (Lipinski definition) is 2. The second-order valence-corrected chi connectivity index (χ2v) is 9.14. The number of hydrazine groups is 1. The first kappa shape index (κ1) is 17.3. The Morgan fingerprint density at radius 3 is 2.58 bits per heavy atom. The van der Waals surface area contributed by atoms with Crippen LogP contribution in [0.4, 0.5) is 0 Å². The van der Waals surface area contributed by atoms with Crippen LogP contribution in [0.25, 0.3) is 0 Å². The van der Waals surface area contributed by atoms with Crippen LogP contribution >= 0.6 is 11.8 Å². The molecule has 0 heterocycles. The predicted octanol–water partition coefficient (Wildman–Crippen LogP) is 2.10. The standard InChI is InChI=1S/C13H28N2O2S2/c1-2-19(16,17)10-6-7-12(15-14)11-18-13-8-4-3-5-9-13/h12-13,15H,2-11,14H2,1H3. The molecule has 1 saturated carbocycles. The highest BCUT2D eigenvalue weighted by atomic mass is 32.2. The van der Waals surface area contributed by atoms with Crippen LogP contribution in [0, 0.1) is 0 Å². The van der Waals surface area contributed by atoms with E-state index in [-0.39, 0.29) is 17.5 Å². The number of nitrogens with one attached hydrogen (secondary N) is 1. The molecule has 0 amide bonds. The Balaban J connectivity index is 2.18. The van der Waals surface area contributed by atoms with Crippen LogP contribution in [-0.4, -0.2) is 37.0 Å². The van der Waals surface area contributed by atoms with E-state index in [0.29, 0.717) is 6.42 Å². The minimum atomic E-state index is -2.83. The molecule has 0 spiro atoms. The summed E-state index contributed by atoms with van der Waals surface area (Å²) in [5, 5.41) is 0.781. The highest BCUT2D eigenvalue weighted by molar-refractivity contribution is 7.99. The largest absolute Gasteiger partial charge is 0.271 e. The first-order valence-electron chi connectivity index (χ1n) is 7.35. The van der Waals surface area contributed by atoms with Crippen molar-refractivity contribution in [3.63, 3.8) is 0 Å². The topological polar surface area (TPSA) is 72.2 Å². The minimum absolute atomic E-state index is 0.235. The maximum absolute atomic E-state index is 11.4. The quantitative estimate of drug-likeness (QED) is 0.504. The highest BCUT2D eigenvalue weighted by Gasteiger charge is 2.16. The average molecular weight is 309 g/mol. The van der Waals surface area contributed by atoms with Crippen molar-refractivity contribution in [1.29, 1.82) is 0 Å². The van der Waals surface area contributed by atoms with E-state index in [1.807, 2.05) is 11.8 Å². The lowest BCUT2D eigenvalue weighted by Gasteiger charge is -2.23. The lowest BCUT2D eigenvalue weighted by molar-refractivity contribution is 0.507. The van der Waals surface area contributed by atoms with E-state index >= 15 is 0 Å². The van der Waals surface area contributed by atoms with Gasteiger partial charge in [-0.3, -0.25) is 11.3 Å². The predicted molar refractivity (Wildman–Crippen MR) is 84.0 cm³/mol. The summed E-state index contributed by atoms with van der Waals surface area (Å²) in [7, 11) is -2.83. The van der Waals surface area contributed by atoms with Gasteiger partial charge in [0.25, 0.3) is 0 Å². The average Bonchev–Trinajstić information content (AvgIpc) is 2.43. The zero-order chi connectivity index (χ0) is 14.1. The van der Waals surface area contributed by atoms with Gasteiger partial charge in [0.05, 0.1) is 5.75 Å². The molecule has 3 N–H and O–H groups in total. The van der Waals surface area contributed by atoms with Gasteiger partial charge in [0.1, 0.15) is 9.84 Å². The molecule has 0 aliphatic heterocycles. The number of nitrogens with two attached hydrogens (primary N) is 1. The van der Waals surface area contributed by atoms with Crippen LogP contribution in [0.1, 0.15) is 51.9 Å². The molecule has 1 atom stereocenters. The number of rotatable bonds is 9. The molecule has 0 aromatic rings. The van der Waals surface area contributed by atoms with Crippen LogP contribution in [0.2, 0.25) is 0 Å². The Bertz CT molecular complexity index is 328. The second kappa shape index (κ2) is 9.21. The monoisotopic (exact) mass is 308 g/mol. The van der Waals surface area contributed by atoms with Crippen LogP contribution in [-0.2, 0) is 9.84 Å². The molecular weight excluding hydrogens is 280 g/mol. The minimum Gasteiger partial charge on any atom is -0.271 e. The molecule has 0 aromatic carbocycles. The van der Waals surface area contributed by atoms with Crippen molar-refractivity contribution in [3.8, 4) is 0 Å². The van der Waals surface area contributed by atoms with Crippen LogP contribution < -0.4 is 11.3 Å². The van der Waals surface area contributed by atoms with E-state index in [1.165, 1.54) is 32.1 Å². The molecule has 19 heavy (non-hydrogen) atoms. The zero-order valence-corrected chi connectivity index (χ0v) is 13.6. The van der Waals surface area contributed by atoms with Crippen molar-refractivity contribution in [3.05, 3.63) is 0 Å². The van der Waals surface area contributed by atoms with Crippen molar-refractivity contribution in [2.45, 2.75) is 63.2 Å². The van der Waals surface area contributed by atoms with Gasteiger partial charge in [0.2, 0.25) is 0 Å². The molecule has 0 aromatic heterocycles. The van der Waals surface area contributed by atoms with Crippen molar-refractivity contribution < 1.29 is 8.42 Å². The molecule has 0 bridgehead atoms. The van der Waals surface area contributed by atoms with Gasteiger partial charge in [-0.15, -0.1) is 0 Å². The summed E-state index contributed by atoms with van der Waals surface area (Å²) in [6.07, 6.45) is 8.29. The first-order valence-corrected chi connectivity index (χ1v) is 10.2. The summed E-state index contributed by atoms with van der Waals surface area (Å²) in [5.41, 5.74) is 2.83. The summed E-state index contributed by atoms with van der Waals surface area (Å²) in [5.74, 6) is 7.08. The summed E-state index contributed by atoms with van der Waals surface area (Å²) >= 11 is 2.00. The number of thioether (sulfide) groups is 1. The lowest BCUT2D eigenvalue weighted by atomic mass is 10.0. The molecule has 1 rings (SSSR count). The molecule has 4 nitrogen and oxygen atoms in total. The van der Waals surface area contributed by atoms with Gasteiger partial charge in [-0.1, -0.05) is 26.2 Å². The summed E-state index contributed by atoms with van der Waals surface area (Å²) in [4.78, 5) is 0. The highest BCUT2D eigenvalue weighted by Crippen LogP contribution is 2.28. The molecule has 1 fully saturated rings. The van der Waals surface area contributed by atoms with Gasteiger partial charge in [0, 0.05) is 22.8 Å². The maximum atomic E-state index is 11.4. The normalized spacial score (nSPS) is 19.5. The second-order valence-electron chi connectivity index (χ2n) is 5.34. The van der Waals surface area contributed by atoms with Gasteiger partial charge in [-0.2, -0.15) is 11.8 Å². The third-order valence-electron chi connectivity index (χ3n) is 3.77. The fourth-order valence-electron chi connectivity index (χ4n) is 2.39. The van der Waals surface area contributed by atoms with E-state index in [2.05, 4.69) is 5.43 Å². The van der Waals surface area contributed by atoms with E-state index in [0.717, 1.165) is 17.4 Å². The molecule has 0 radical (unpaired) electrons. The summed E-state index contributed by atoms with van der Waals surface area (Å²) < 4.78 is 22.8. The molecular formula is C13H28N2O2S2. The van der Waals surface area contributed by atoms with Gasteiger partial charge in [-0.05, 0) is 25.7 Å². The van der Waals surface area contributed by atoms with E-state index in [1.54, 1.807) is 6.92 Å². The molecule has 114 valence electrons. The van der Waals surface area contributed by atoms with Crippen molar-refractivity contribution >= 4 is 21.6 Å². The zero-order valence-electron chi connectivity index (χ0n) is 11.9. The Morgan fingerprint density at radius 2 is 2.00 bits per heavy atom. The molecule has 6 heteroatoms. The number of sulfone groups is 1. The van der Waals surface area contributed by atoms with Gasteiger partial charge >= 0.3 is 0 Å². The van der Waals surface area contributed by atoms with Gasteiger partial charge in [-0.25, -0.2) is 8.42 Å². The summed E-state index contributed by atoms with van der Waals surface area (Å²) in [6, 6.07) is 0.235. The smallest absolute Gasteiger partial charge is 0.150 e. The van der Waals surface area contributed by atoms with Crippen molar-refractivity contribution in [2.24, 2.45) is 5.84 Å². The van der Waals surface area contributed by atoms with E-state index < -0.39 is 9.84 Å². The number of hydrogen-bond acceptors (Lipinski definition) is 5. The summed E-state index contributed by atoms with van der Waals surface area (Å²) in [6.45, 7) is 1.70. The van der Waals surface area contributed by atoms with E-state index in [4.69, 9.17) is 5.84 Å². The molecule has 1 unspecified atom stereocenters. The third-order valence-corrected chi connectivity index (χ3v) is 7.10. The molecule has 0 saturated heterocycles. The maximum Gasteiger partial charge on any atom is 0.150 e. The van der Waals surface area contributed by atoms with Crippen LogP contribution in [0.15, 0.2) is 0 Å². The Labute approximate surface area is 122 Å². The lowest BCUT2D eigenvalue weighted by Crippen LogP contribution is -2.37. The Kier molecular flexibility index (Phi) is 8.37. The third kappa shape index (κ3) is 7.54. The Hall–Kier alpha value is 0.220. The van der Waals surface area contributed by atoms with Gasteiger partial charge in [0.15, 0.2) is 0 Å². The van der Waals surface area contributed by atoms with Crippen LogP contribution in [0.5, 0.6) is 0 Å². The first-order chi connectivity index (χ1) is 9.07. The Morgan fingerprint density at radius 1 is 1.32 bits per heavy atom. The van der Waals surface area contributed by atoms with Gasteiger partial charge < -0.3 is 0 Å².